The smallest absolute Gasteiger partial charge is 0.219 e. The van der Waals surface area contributed by atoms with Crippen LogP contribution < -0.4 is 4.74 Å². The number of piperidine rings is 1. The van der Waals surface area contributed by atoms with Gasteiger partial charge in [0, 0.05) is 20.0 Å². The number of amides is 1. The molecule has 0 atom stereocenters. The summed E-state index contributed by atoms with van der Waals surface area (Å²) in [6.07, 6.45) is 2.83. The zero-order chi connectivity index (χ0) is 13.8. The molecule has 0 aliphatic carbocycles. The van der Waals surface area contributed by atoms with Gasteiger partial charge in [0.2, 0.25) is 5.91 Å². The number of carbonyl (C=O) groups is 1. The maximum atomic E-state index is 11.3. The fourth-order valence-corrected chi connectivity index (χ4v) is 2.62. The number of phenols is 1. The first-order valence-corrected chi connectivity index (χ1v) is 6.71. The number of aromatic hydroxyl groups is 1. The van der Waals surface area contributed by atoms with Crippen molar-refractivity contribution in [2.45, 2.75) is 26.2 Å². The molecule has 0 radical (unpaired) electrons. The molecule has 1 amide bonds. The van der Waals surface area contributed by atoms with Crippen LogP contribution in [0.15, 0.2) is 18.2 Å². The number of benzene rings is 1. The van der Waals surface area contributed by atoms with Gasteiger partial charge in [0.1, 0.15) is 11.5 Å². The number of ether oxygens (including phenoxy) is 1. The maximum Gasteiger partial charge on any atom is 0.219 e. The molecule has 0 saturated carbocycles. The number of nitrogens with zero attached hydrogens (tertiary/aromatic N) is 1. The van der Waals surface area contributed by atoms with Gasteiger partial charge in [-0.05, 0) is 48.9 Å². The second kappa shape index (κ2) is 5.95. The molecule has 1 aliphatic rings. The first-order chi connectivity index (χ1) is 9.10. The minimum Gasteiger partial charge on any atom is -0.508 e. The molecule has 0 bridgehead atoms. The Morgan fingerprint density at radius 1 is 1.42 bits per heavy atom. The van der Waals surface area contributed by atoms with Crippen LogP contribution in [-0.4, -0.2) is 36.1 Å². The molecule has 1 aliphatic heterocycles. The summed E-state index contributed by atoms with van der Waals surface area (Å²) in [4.78, 5) is 13.2. The standard InChI is InChI=1S/C15H21NO3/c1-11(17)16-7-5-12(6-8-16)9-13-10-14(19-2)3-4-15(13)18/h3-4,10,12,18H,5-9H2,1-2H3. The van der Waals surface area contributed by atoms with Crippen molar-refractivity contribution >= 4 is 5.91 Å². The number of phenolic OH excluding ortho intramolecular Hbond substituents is 1. The molecule has 0 unspecified atom stereocenters. The molecule has 1 aromatic rings. The summed E-state index contributed by atoms with van der Waals surface area (Å²) in [7, 11) is 1.63. The number of hydrogen-bond acceptors (Lipinski definition) is 3. The Labute approximate surface area is 114 Å². The van der Waals surface area contributed by atoms with Crippen LogP contribution in [0.5, 0.6) is 11.5 Å². The van der Waals surface area contributed by atoms with Gasteiger partial charge in [0.05, 0.1) is 7.11 Å². The predicted molar refractivity (Wildman–Crippen MR) is 73.3 cm³/mol. The van der Waals surface area contributed by atoms with E-state index in [2.05, 4.69) is 0 Å². The summed E-state index contributed by atoms with van der Waals surface area (Å²) in [5.41, 5.74) is 0.931. The van der Waals surface area contributed by atoms with Gasteiger partial charge in [-0.2, -0.15) is 0 Å². The molecule has 0 spiro atoms. The Morgan fingerprint density at radius 2 is 2.11 bits per heavy atom. The van der Waals surface area contributed by atoms with E-state index in [-0.39, 0.29) is 5.91 Å². The van der Waals surface area contributed by atoms with Gasteiger partial charge < -0.3 is 14.7 Å². The SMILES string of the molecule is COc1ccc(O)c(CC2CCN(C(C)=O)CC2)c1. The number of likely N-dealkylation sites (tertiary alicyclic amines) is 1. The highest BCUT2D eigenvalue weighted by Gasteiger charge is 2.21. The van der Waals surface area contributed by atoms with Gasteiger partial charge in [0.15, 0.2) is 0 Å². The minimum absolute atomic E-state index is 0.155. The monoisotopic (exact) mass is 263 g/mol. The number of carbonyl (C=O) groups excluding carboxylic acids is 1. The van der Waals surface area contributed by atoms with E-state index in [1.165, 1.54) is 0 Å². The lowest BCUT2D eigenvalue weighted by molar-refractivity contribution is -0.130. The summed E-state index contributed by atoms with van der Waals surface area (Å²) >= 11 is 0. The number of hydrogen-bond donors (Lipinski definition) is 1. The van der Waals surface area contributed by atoms with Crippen molar-refractivity contribution < 1.29 is 14.6 Å². The molecular weight excluding hydrogens is 242 g/mol. The average Bonchev–Trinajstić information content (AvgIpc) is 2.42. The Morgan fingerprint density at radius 3 is 2.68 bits per heavy atom. The van der Waals surface area contributed by atoms with Crippen molar-refractivity contribution in [1.82, 2.24) is 4.90 Å². The predicted octanol–water partition coefficient (Wildman–Crippen LogP) is 2.20. The van der Waals surface area contributed by atoms with E-state index >= 15 is 0 Å². The Kier molecular flexibility index (Phi) is 4.30. The maximum absolute atomic E-state index is 11.3. The topological polar surface area (TPSA) is 49.8 Å². The molecule has 0 aromatic heterocycles. The lowest BCUT2D eigenvalue weighted by Crippen LogP contribution is -2.37. The summed E-state index contributed by atoms with van der Waals surface area (Å²) in [6.45, 7) is 3.27. The van der Waals surface area contributed by atoms with Crippen molar-refractivity contribution in [1.29, 1.82) is 0 Å². The summed E-state index contributed by atoms with van der Waals surface area (Å²) in [6, 6.07) is 5.34. The largest absolute Gasteiger partial charge is 0.508 e. The van der Waals surface area contributed by atoms with Crippen LogP contribution in [0.2, 0.25) is 0 Å². The highest BCUT2D eigenvalue weighted by atomic mass is 16.5. The lowest BCUT2D eigenvalue weighted by Gasteiger charge is -2.31. The van der Waals surface area contributed by atoms with Crippen molar-refractivity contribution in [2.24, 2.45) is 5.92 Å². The third-order valence-electron chi connectivity index (χ3n) is 3.86. The second-order valence-corrected chi connectivity index (χ2v) is 5.15. The van der Waals surface area contributed by atoms with Crippen LogP contribution in [0.3, 0.4) is 0 Å². The molecule has 104 valence electrons. The fraction of sp³-hybridized carbons (Fsp3) is 0.533. The van der Waals surface area contributed by atoms with Gasteiger partial charge >= 0.3 is 0 Å². The average molecular weight is 263 g/mol. The molecule has 2 rings (SSSR count). The molecule has 1 N–H and O–H groups in total. The summed E-state index contributed by atoms with van der Waals surface area (Å²) in [5, 5.41) is 9.88. The zero-order valence-corrected chi connectivity index (χ0v) is 11.6. The lowest BCUT2D eigenvalue weighted by atomic mass is 9.89. The van der Waals surface area contributed by atoms with E-state index in [9.17, 15) is 9.90 Å². The van der Waals surface area contributed by atoms with Crippen molar-refractivity contribution in [3.05, 3.63) is 23.8 Å². The van der Waals surface area contributed by atoms with Crippen LogP contribution in [0.25, 0.3) is 0 Å². The van der Waals surface area contributed by atoms with Crippen molar-refractivity contribution in [3.63, 3.8) is 0 Å². The van der Waals surface area contributed by atoms with Crippen molar-refractivity contribution in [2.75, 3.05) is 20.2 Å². The number of methoxy groups -OCH3 is 1. The Bertz CT molecular complexity index is 451. The van der Waals surface area contributed by atoms with E-state index < -0.39 is 0 Å². The molecule has 1 aromatic carbocycles. The van der Waals surface area contributed by atoms with Crippen LogP contribution in [0, 0.1) is 5.92 Å². The normalized spacial score (nSPS) is 16.4. The van der Waals surface area contributed by atoms with Crippen LogP contribution >= 0.6 is 0 Å². The Hall–Kier alpha value is -1.71. The summed E-state index contributed by atoms with van der Waals surface area (Å²) in [5.74, 6) is 1.78. The summed E-state index contributed by atoms with van der Waals surface area (Å²) < 4.78 is 5.18. The fourth-order valence-electron chi connectivity index (χ4n) is 2.62. The molecule has 1 heterocycles. The Balaban J connectivity index is 1.97. The first kappa shape index (κ1) is 13.7. The van der Waals surface area contributed by atoms with Crippen molar-refractivity contribution in [3.8, 4) is 11.5 Å². The number of rotatable bonds is 3. The van der Waals surface area contributed by atoms with Crippen LogP contribution in [0.1, 0.15) is 25.3 Å². The zero-order valence-electron chi connectivity index (χ0n) is 11.6. The van der Waals surface area contributed by atoms with Gasteiger partial charge in [-0.15, -0.1) is 0 Å². The highest BCUT2D eigenvalue weighted by molar-refractivity contribution is 5.73. The highest BCUT2D eigenvalue weighted by Crippen LogP contribution is 2.29. The quantitative estimate of drug-likeness (QED) is 0.909. The van der Waals surface area contributed by atoms with Gasteiger partial charge in [-0.3, -0.25) is 4.79 Å². The molecule has 1 fully saturated rings. The second-order valence-electron chi connectivity index (χ2n) is 5.15. The van der Waals surface area contributed by atoms with Gasteiger partial charge in [-0.25, -0.2) is 0 Å². The van der Waals surface area contributed by atoms with E-state index in [1.807, 2.05) is 11.0 Å². The third-order valence-corrected chi connectivity index (χ3v) is 3.86. The minimum atomic E-state index is 0.155. The van der Waals surface area contributed by atoms with E-state index in [0.717, 1.165) is 43.7 Å². The van der Waals surface area contributed by atoms with Gasteiger partial charge in [-0.1, -0.05) is 0 Å². The molecule has 19 heavy (non-hydrogen) atoms. The van der Waals surface area contributed by atoms with Crippen LogP contribution in [0.4, 0.5) is 0 Å². The van der Waals surface area contributed by atoms with Crippen LogP contribution in [-0.2, 0) is 11.2 Å². The third kappa shape index (κ3) is 3.40. The first-order valence-electron chi connectivity index (χ1n) is 6.71. The molecule has 4 heteroatoms. The van der Waals surface area contributed by atoms with E-state index in [4.69, 9.17) is 4.74 Å². The van der Waals surface area contributed by atoms with Gasteiger partial charge in [0.25, 0.3) is 0 Å². The molecule has 1 saturated heterocycles. The molecular formula is C15H21NO3. The van der Waals surface area contributed by atoms with E-state index in [1.54, 1.807) is 26.2 Å². The molecule has 4 nitrogen and oxygen atoms in total. The van der Waals surface area contributed by atoms with E-state index in [0.29, 0.717) is 11.7 Å².